The highest BCUT2D eigenvalue weighted by Crippen LogP contribution is 2.35. The van der Waals surface area contributed by atoms with Gasteiger partial charge < -0.3 is 10.2 Å². The van der Waals surface area contributed by atoms with Crippen LogP contribution in [0, 0.1) is 0 Å². The largest absolute Gasteiger partial charge is 0.431 e. The van der Waals surface area contributed by atoms with Crippen molar-refractivity contribution < 1.29 is 27.2 Å². The number of nitrogens with zero attached hydrogens (tertiary/aromatic N) is 3. The van der Waals surface area contributed by atoms with Crippen molar-refractivity contribution in [2.24, 2.45) is 0 Å². The molecule has 6 nitrogen and oxygen atoms in total. The fourth-order valence-corrected chi connectivity index (χ4v) is 1.60. The third kappa shape index (κ3) is 2.71. The lowest BCUT2D eigenvalue weighted by Crippen LogP contribution is -2.35. The number of alkyl halides is 4. The lowest BCUT2D eigenvalue weighted by molar-refractivity contribution is -0.147. The van der Waals surface area contributed by atoms with Crippen molar-refractivity contribution in [3.63, 3.8) is 0 Å². The zero-order chi connectivity index (χ0) is 15.8. The Kier molecular flexibility index (Phi) is 3.90. The zero-order valence-corrected chi connectivity index (χ0v) is 11.0. The number of hydrogen-bond donors (Lipinski definition) is 1. The number of rotatable bonds is 3. The van der Waals surface area contributed by atoms with Gasteiger partial charge in [-0.1, -0.05) is 11.6 Å². The molecule has 0 radical (unpaired) electrons. The summed E-state index contributed by atoms with van der Waals surface area (Å²) in [5.41, 5.74) is -0.569. The predicted octanol–water partition coefficient (Wildman–Crippen LogP) is 2.21. The van der Waals surface area contributed by atoms with Crippen LogP contribution in [0.1, 0.15) is 5.82 Å². The predicted molar refractivity (Wildman–Crippen MR) is 63.5 cm³/mol. The van der Waals surface area contributed by atoms with E-state index >= 15 is 0 Å². The summed E-state index contributed by atoms with van der Waals surface area (Å²) in [6.45, 7) is 0. The van der Waals surface area contributed by atoms with E-state index in [0.717, 1.165) is 19.3 Å². The standard InChI is InChI=1S/C10H7ClF4N4O2/c1-16-9(20)21-19-5-2-4(11)3-17-6(5)18-8(19)10(14,15)7(12)13/h2-3,7H,1H3,(H,16,20). The van der Waals surface area contributed by atoms with Crippen LogP contribution in [0.4, 0.5) is 22.4 Å². The molecule has 11 heteroatoms. The molecule has 0 fully saturated rings. The van der Waals surface area contributed by atoms with Gasteiger partial charge in [-0.25, -0.2) is 23.5 Å². The summed E-state index contributed by atoms with van der Waals surface area (Å²) in [4.78, 5) is 22.6. The third-order valence-electron chi connectivity index (χ3n) is 2.39. The van der Waals surface area contributed by atoms with Gasteiger partial charge in [0.15, 0.2) is 5.65 Å². The van der Waals surface area contributed by atoms with Gasteiger partial charge in [-0.3, -0.25) is 0 Å². The maximum absolute atomic E-state index is 13.5. The van der Waals surface area contributed by atoms with Crippen molar-refractivity contribution in [3.05, 3.63) is 23.1 Å². The van der Waals surface area contributed by atoms with Gasteiger partial charge in [0.1, 0.15) is 5.52 Å². The van der Waals surface area contributed by atoms with Crippen molar-refractivity contribution in [1.82, 2.24) is 20.0 Å². The van der Waals surface area contributed by atoms with E-state index in [0.29, 0.717) is 0 Å². The molecule has 0 aliphatic rings. The zero-order valence-electron chi connectivity index (χ0n) is 10.3. The van der Waals surface area contributed by atoms with Crippen LogP contribution in [0.2, 0.25) is 5.02 Å². The van der Waals surface area contributed by atoms with Crippen molar-refractivity contribution in [1.29, 1.82) is 0 Å². The van der Waals surface area contributed by atoms with Gasteiger partial charge in [-0.15, -0.1) is 4.73 Å². The molecular weight excluding hydrogens is 320 g/mol. The van der Waals surface area contributed by atoms with Crippen LogP contribution >= 0.6 is 11.6 Å². The van der Waals surface area contributed by atoms with E-state index in [1.165, 1.54) is 0 Å². The first-order chi connectivity index (χ1) is 9.77. The maximum atomic E-state index is 13.5. The number of halogens is 5. The Balaban J connectivity index is 2.69. The molecule has 1 amide bonds. The number of carbonyl (C=O) groups excluding carboxylic acids is 1. The molecule has 21 heavy (non-hydrogen) atoms. The summed E-state index contributed by atoms with van der Waals surface area (Å²) in [7, 11) is 1.16. The second kappa shape index (κ2) is 5.35. The smallest absolute Gasteiger partial charge is 0.323 e. The van der Waals surface area contributed by atoms with Crippen molar-refractivity contribution in [2.45, 2.75) is 12.3 Å². The Hall–Kier alpha value is -2.10. The Morgan fingerprint density at radius 1 is 1.52 bits per heavy atom. The highest BCUT2D eigenvalue weighted by Gasteiger charge is 2.48. The maximum Gasteiger partial charge on any atom is 0.431 e. The summed E-state index contributed by atoms with van der Waals surface area (Å²) < 4.78 is 52.2. The molecule has 0 spiro atoms. The van der Waals surface area contributed by atoms with Crippen LogP contribution in [0.25, 0.3) is 11.2 Å². The second-order valence-electron chi connectivity index (χ2n) is 3.78. The molecule has 1 N–H and O–H groups in total. The Bertz CT molecular complexity index is 691. The van der Waals surface area contributed by atoms with Gasteiger partial charge in [0.05, 0.1) is 5.02 Å². The minimum atomic E-state index is -4.64. The van der Waals surface area contributed by atoms with Gasteiger partial charge in [0, 0.05) is 13.2 Å². The highest BCUT2D eigenvalue weighted by molar-refractivity contribution is 6.31. The highest BCUT2D eigenvalue weighted by atomic mass is 35.5. The number of aromatic nitrogens is 3. The number of pyridine rings is 1. The number of amides is 1. The van der Waals surface area contributed by atoms with Gasteiger partial charge >= 0.3 is 18.4 Å². The monoisotopic (exact) mass is 326 g/mol. The van der Waals surface area contributed by atoms with Crippen LogP contribution in [0.5, 0.6) is 0 Å². The fourth-order valence-electron chi connectivity index (χ4n) is 1.45. The van der Waals surface area contributed by atoms with Crippen molar-refractivity contribution in [2.75, 3.05) is 7.05 Å². The van der Waals surface area contributed by atoms with E-state index in [9.17, 15) is 22.4 Å². The minimum Gasteiger partial charge on any atom is -0.323 e. The van der Waals surface area contributed by atoms with Gasteiger partial charge in [-0.05, 0) is 6.07 Å². The molecule has 114 valence electrons. The van der Waals surface area contributed by atoms with Crippen LogP contribution in [0.3, 0.4) is 0 Å². The topological polar surface area (TPSA) is 69.0 Å². The first-order valence-electron chi connectivity index (χ1n) is 5.38. The summed E-state index contributed by atoms with van der Waals surface area (Å²) in [5, 5.41) is 2.02. The van der Waals surface area contributed by atoms with Crippen LogP contribution in [-0.2, 0) is 5.92 Å². The first-order valence-corrected chi connectivity index (χ1v) is 5.75. The normalized spacial score (nSPS) is 12.0. The van der Waals surface area contributed by atoms with Crippen molar-refractivity contribution >= 4 is 28.9 Å². The molecule has 0 aromatic carbocycles. The molecule has 0 aliphatic carbocycles. The average molecular weight is 327 g/mol. The molecule has 0 aliphatic heterocycles. The molecule has 0 bridgehead atoms. The van der Waals surface area contributed by atoms with E-state index in [4.69, 9.17) is 11.6 Å². The average Bonchev–Trinajstić information content (AvgIpc) is 2.77. The number of imidazole rings is 1. The molecule has 2 rings (SSSR count). The molecule has 0 atom stereocenters. The Morgan fingerprint density at radius 2 is 2.19 bits per heavy atom. The molecule has 2 aromatic rings. The molecule has 2 aromatic heterocycles. The second-order valence-corrected chi connectivity index (χ2v) is 4.21. The van der Waals surface area contributed by atoms with Crippen LogP contribution in [-0.4, -0.2) is 34.3 Å². The summed E-state index contributed by atoms with van der Waals surface area (Å²) in [6.07, 6.45) is -4.11. The fraction of sp³-hybridized carbons (Fsp3) is 0.300. The molecule has 0 unspecified atom stereocenters. The summed E-state index contributed by atoms with van der Waals surface area (Å²) >= 11 is 5.65. The van der Waals surface area contributed by atoms with E-state index in [-0.39, 0.29) is 20.9 Å². The van der Waals surface area contributed by atoms with Crippen molar-refractivity contribution in [3.8, 4) is 0 Å². The SMILES string of the molecule is CNC(=O)On1c(C(F)(F)C(F)F)nc2ncc(Cl)cc21. The molecule has 0 saturated heterocycles. The quantitative estimate of drug-likeness (QED) is 0.878. The van der Waals surface area contributed by atoms with Gasteiger partial charge in [-0.2, -0.15) is 8.78 Å². The Morgan fingerprint density at radius 3 is 2.76 bits per heavy atom. The van der Waals surface area contributed by atoms with E-state index in [2.05, 4.69) is 14.8 Å². The van der Waals surface area contributed by atoms with E-state index in [1.807, 2.05) is 5.32 Å². The molecule has 2 heterocycles. The summed E-state index contributed by atoms with van der Waals surface area (Å²) in [5.74, 6) is -6.09. The van der Waals surface area contributed by atoms with E-state index < -0.39 is 24.3 Å². The molecular formula is C10H7ClF4N4O2. The number of nitrogens with one attached hydrogen (secondary N) is 1. The third-order valence-corrected chi connectivity index (χ3v) is 2.59. The Labute approximate surface area is 119 Å². The first kappa shape index (κ1) is 15.3. The number of hydrogen-bond acceptors (Lipinski definition) is 4. The lowest BCUT2D eigenvalue weighted by atomic mass is 10.3. The number of carbonyl (C=O) groups is 1. The van der Waals surface area contributed by atoms with Crippen LogP contribution < -0.4 is 10.2 Å². The lowest BCUT2D eigenvalue weighted by Gasteiger charge is -2.15. The summed E-state index contributed by atoms with van der Waals surface area (Å²) in [6, 6.07) is 1.10. The van der Waals surface area contributed by atoms with Gasteiger partial charge in [0.2, 0.25) is 5.82 Å². The number of fused-ring (bicyclic) bond motifs is 1. The van der Waals surface area contributed by atoms with Crippen LogP contribution in [0.15, 0.2) is 12.3 Å². The minimum absolute atomic E-state index is 0.0241. The van der Waals surface area contributed by atoms with E-state index in [1.54, 1.807) is 0 Å². The molecule has 0 saturated carbocycles. The van der Waals surface area contributed by atoms with Gasteiger partial charge in [0.25, 0.3) is 0 Å².